The van der Waals surface area contributed by atoms with Crippen LogP contribution in [0.3, 0.4) is 0 Å². The van der Waals surface area contributed by atoms with Crippen molar-refractivity contribution in [2.75, 3.05) is 5.32 Å². The molecule has 0 aliphatic carbocycles. The van der Waals surface area contributed by atoms with Crippen molar-refractivity contribution >= 4 is 28.4 Å². The van der Waals surface area contributed by atoms with Crippen LogP contribution in [0.4, 0.5) is 5.69 Å². The van der Waals surface area contributed by atoms with Crippen molar-refractivity contribution in [3.63, 3.8) is 0 Å². The van der Waals surface area contributed by atoms with Crippen LogP contribution in [0, 0.1) is 0 Å². The maximum absolute atomic E-state index is 13.0. The van der Waals surface area contributed by atoms with Gasteiger partial charge in [0.25, 0.3) is 11.5 Å². The summed E-state index contributed by atoms with van der Waals surface area (Å²) in [7, 11) is 0. The zero-order valence-electron chi connectivity index (χ0n) is 13.6. The Balaban J connectivity index is 1.92. The second-order valence-electron chi connectivity index (χ2n) is 5.69. The first-order valence-corrected chi connectivity index (χ1v) is 8.06. The van der Waals surface area contributed by atoms with Crippen molar-refractivity contribution in [2.24, 2.45) is 0 Å². The van der Waals surface area contributed by atoms with Crippen molar-refractivity contribution in [1.29, 1.82) is 0 Å². The predicted octanol–water partition coefficient (Wildman–Crippen LogP) is 2.92. The van der Waals surface area contributed by atoms with E-state index in [0.717, 1.165) is 5.52 Å². The largest absolute Gasteiger partial charge is 0.322 e. The van der Waals surface area contributed by atoms with Crippen molar-refractivity contribution in [2.45, 2.75) is 13.5 Å². The molecule has 2 aromatic heterocycles. The van der Waals surface area contributed by atoms with E-state index in [1.807, 2.05) is 49.4 Å². The molecule has 0 aliphatic heterocycles. The van der Waals surface area contributed by atoms with E-state index in [4.69, 9.17) is 0 Å². The Kier molecular flexibility index (Phi) is 3.57. The zero-order chi connectivity index (χ0) is 17.4. The summed E-state index contributed by atoms with van der Waals surface area (Å²) in [5, 5.41) is 2.77. The van der Waals surface area contributed by atoms with Gasteiger partial charge < -0.3 is 9.88 Å². The molecule has 0 spiro atoms. The molecular formula is C19H16N4O2. The van der Waals surface area contributed by atoms with Crippen LogP contribution in [0.15, 0.2) is 65.6 Å². The second-order valence-corrected chi connectivity index (χ2v) is 5.69. The van der Waals surface area contributed by atoms with Crippen LogP contribution < -0.4 is 10.9 Å². The number of nitrogens with zero attached hydrogens (tertiary/aromatic N) is 3. The Bertz CT molecular complexity index is 1140. The van der Waals surface area contributed by atoms with Crippen molar-refractivity contribution in [3.05, 3.63) is 76.7 Å². The molecular weight excluding hydrogens is 316 g/mol. The van der Waals surface area contributed by atoms with Crippen molar-refractivity contribution in [3.8, 4) is 0 Å². The first-order chi connectivity index (χ1) is 12.2. The van der Waals surface area contributed by atoms with Gasteiger partial charge >= 0.3 is 0 Å². The van der Waals surface area contributed by atoms with Crippen LogP contribution in [-0.2, 0) is 6.54 Å². The SMILES string of the molecule is CCn1cc(C(=O)Nc2ccccc2)c(=O)n2c3ccccc3nc12. The molecule has 0 bridgehead atoms. The fourth-order valence-electron chi connectivity index (χ4n) is 2.90. The van der Waals surface area contributed by atoms with Crippen LogP contribution in [-0.4, -0.2) is 19.9 Å². The molecule has 6 heteroatoms. The monoisotopic (exact) mass is 332 g/mol. The average molecular weight is 332 g/mol. The van der Waals surface area contributed by atoms with E-state index >= 15 is 0 Å². The molecule has 4 rings (SSSR count). The summed E-state index contributed by atoms with van der Waals surface area (Å²) in [4.78, 5) is 30.1. The number of hydrogen-bond donors (Lipinski definition) is 1. The summed E-state index contributed by atoms with van der Waals surface area (Å²) in [6, 6.07) is 16.5. The van der Waals surface area contributed by atoms with E-state index in [1.165, 1.54) is 4.40 Å². The molecule has 0 radical (unpaired) electrons. The highest BCUT2D eigenvalue weighted by atomic mass is 16.2. The number of aryl methyl sites for hydroxylation is 1. The molecule has 1 amide bonds. The first-order valence-electron chi connectivity index (χ1n) is 8.06. The molecule has 0 aliphatic rings. The molecule has 25 heavy (non-hydrogen) atoms. The van der Waals surface area contributed by atoms with Crippen LogP contribution in [0.2, 0.25) is 0 Å². The normalized spacial score (nSPS) is 11.1. The third-order valence-corrected chi connectivity index (χ3v) is 4.14. The molecule has 4 aromatic rings. The lowest BCUT2D eigenvalue weighted by Gasteiger charge is -2.10. The number of anilines is 1. The number of benzene rings is 2. The van der Waals surface area contributed by atoms with Crippen LogP contribution >= 0.6 is 0 Å². The van der Waals surface area contributed by atoms with Gasteiger partial charge in [-0.2, -0.15) is 0 Å². The Labute approximate surface area is 143 Å². The van der Waals surface area contributed by atoms with Crippen molar-refractivity contribution < 1.29 is 4.79 Å². The maximum Gasteiger partial charge on any atom is 0.272 e. The highest BCUT2D eigenvalue weighted by Crippen LogP contribution is 2.15. The van der Waals surface area contributed by atoms with E-state index in [0.29, 0.717) is 23.5 Å². The molecule has 124 valence electrons. The van der Waals surface area contributed by atoms with Gasteiger partial charge in [-0.3, -0.25) is 9.59 Å². The summed E-state index contributed by atoms with van der Waals surface area (Å²) < 4.78 is 3.31. The number of hydrogen-bond acceptors (Lipinski definition) is 3. The topological polar surface area (TPSA) is 68.4 Å². The Hall–Kier alpha value is -3.41. The first kappa shape index (κ1) is 15.1. The number of amides is 1. The lowest BCUT2D eigenvalue weighted by molar-refractivity contribution is 0.102. The third-order valence-electron chi connectivity index (χ3n) is 4.14. The quantitative estimate of drug-likeness (QED) is 0.627. The van der Waals surface area contributed by atoms with Gasteiger partial charge in [0.15, 0.2) is 0 Å². The second kappa shape index (κ2) is 5.90. The van der Waals surface area contributed by atoms with Gasteiger partial charge in [0.1, 0.15) is 5.56 Å². The molecule has 2 aromatic carbocycles. The minimum absolute atomic E-state index is 0.0846. The van der Waals surface area contributed by atoms with Crippen molar-refractivity contribution in [1.82, 2.24) is 14.0 Å². The van der Waals surface area contributed by atoms with Gasteiger partial charge in [0.05, 0.1) is 11.0 Å². The van der Waals surface area contributed by atoms with E-state index < -0.39 is 5.91 Å². The molecule has 0 unspecified atom stereocenters. The van der Waals surface area contributed by atoms with E-state index in [1.54, 1.807) is 22.9 Å². The number of carbonyl (C=O) groups excluding carboxylic acids is 1. The predicted molar refractivity (Wildman–Crippen MR) is 97.0 cm³/mol. The minimum Gasteiger partial charge on any atom is -0.322 e. The lowest BCUT2D eigenvalue weighted by Crippen LogP contribution is -2.28. The number of nitrogens with one attached hydrogen (secondary N) is 1. The highest BCUT2D eigenvalue weighted by Gasteiger charge is 2.18. The van der Waals surface area contributed by atoms with Crippen LogP contribution in [0.5, 0.6) is 0 Å². The fraction of sp³-hybridized carbons (Fsp3) is 0.105. The van der Waals surface area contributed by atoms with Gasteiger partial charge in [0, 0.05) is 18.4 Å². The Morgan fingerprint density at radius 2 is 1.80 bits per heavy atom. The van der Waals surface area contributed by atoms with E-state index in [-0.39, 0.29) is 11.1 Å². The number of imidazole rings is 1. The Morgan fingerprint density at radius 1 is 1.08 bits per heavy atom. The fourth-order valence-corrected chi connectivity index (χ4v) is 2.90. The molecule has 6 nitrogen and oxygen atoms in total. The number of para-hydroxylation sites is 3. The lowest BCUT2D eigenvalue weighted by atomic mass is 10.2. The van der Waals surface area contributed by atoms with E-state index in [2.05, 4.69) is 10.3 Å². The number of carbonyl (C=O) groups is 1. The van der Waals surface area contributed by atoms with Gasteiger partial charge in [0.2, 0.25) is 5.78 Å². The average Bonchev–Trinajstić information content (AvgIpc) is 3.03. The smallest absolute Gasteiger partial charge is 0.272 e. The van der Waals surface area contributed by atoms with Gasteiger partial charge in [-0.25, -0.2) is 9.38 Å². The molecule has 2 heterocycles. The van der Waals surface area contributed by atoms with Crippen LogP contribution in [0.25, 0.3) is 16.8 Å². The summed E-state index contributed by atoms with van der Waals surface area (Å²) in [6.07, 6.45) is 1.57. The van der Waals surface area contributed by atoms with Gasteiger partial charge in [-0.1, -0.05) is 30.3 Å². The zero-order valence-corrected chi connectivity index (χ0v) is 13.6. The summed E-state index contributed by atoms with van der Waals surface area (Å²) in [5.74, 6) is 0.100. The molecule has 0 fully saturated rings. The number of aromatic nitrogens is 3. The van der Waals surface area contributed by atoms with Gasteiger partial charge in [-0.15, -0.1) is 0 Å². The molecule has 0 atom stereocenters. The highest BCUT2D eigenvalue weighted by molar-refractivity contribution is 6.04. The number of rotatable bonds is 3. The van der Waals surface area contributed by atoms with E-state index in [9.17, 15) is 9.59 Å². The Morgan fingerprint density at radius 3 is 2.56 bits per heavy atom. The molecule has 0 saturated carbocycles. The molecule has 0 saturated heterocycles. The minimum atomic E-state index is -0.432. The van der Waals surface area contributed by atoms with Crippen LogP contribution in [0.1, 0.15) is 17.3 Å². The standard InChI is InChI=1S/C19H16N4O2/c1-2-22-12-14(17(24)20-13-8-4-3-5-9-13)18(25)23-16-11-7-6-10-15(16)21-19(22)23/h3-12H,2H2,1H3,(H,20,24). The molecule has 1 N–H and O–H groups in total. The third kappa shape index (κ3) is 2.48. The number of fused-ring (bicyclic) bond motifs is 3. The van der Waals surface area contributed by atoms with Gasteiger partial charge in [-0.05, 0) is 31.2 Å². The maximum atomic E-state index is 13.0. The summed E-state index contributed by atoms with van der Waals surface area (Å²) in [6.45, 7) is 2.54. The summed E-state index contributed by atoms with van der Waals surface area (Å²) >= 11 is 0. The summed E-state index contributed by atoms with van der Waals surface area (Å²) in [5.41, 5.74) is 1.77.